The van der Waals surface area contributed by atoms with Gasteiger partial charge in [0, 0.05) is 6.92 Å². The minimum atomic E-state index is -2.11. The van der Waals surface area contributed by atoms with E-state index in [0.29, 0.717) is 12.8 Å². The van der Waals surface area contributed by atoms with E-state index in [2.05, 4.69) is 21.5 Å². The Kier molecular flexibility index (Phi) is 8.67. The first-order valence-electron chi connectivity index (χ1n) is 14.8. The summed E-state index contributed by atoms with van der Waals surface area (Å²) in [4.78, 5) is 52.6. The number of aliphatic carboxylic acids is 1. The number of esters is 1. The molecule has 1 amide bonds. The van der Waals surface area contributed by atoms with E-state index in [1.165, 1.54) is 30.5 Å². The lowest BCUT2D eigenvalue weighted by Crippen LogP contribution is -2.49. The lowest BCUT2D eigenvalue weighted by molar-refractivity contribution is -0.165. The number of carboxylic acids is 1. The molecular weight excluding hydrogens is 606 g/mol. The van der Waals surface area contributed by atoms with Crippen LogP contribution in [-0.2, 0) is 36.0 Å². The Balaban J connectivity index is 1.47. The van der Waals surface area contributed by atoms with E-state index in [-0.39, 0.29) is 35.0 Å². The van der Waals surface area contributed by atoms with E-state index in [4.69, 9.17) is 23.0 Å². The first-order valence-corrected chi connectivity index (χ1v) is 14.8. The van der Waals surface area contributed by atoms with Gasteiger partial charge in [-0.05, 0) is 57.6 Å². The summed E-state index contributed by atoms with van der Waals surface area (Å²) in [5.41, 5.74) is -3.81. The number of rotatable bonds is 9. The van der Waals surface area contributed by atoms with Crippen LogP contribution in [0.1, 0.15) is 76.5 Å². The van der Waals surface area contributed by atoms with Crippen LogP contribution < -0.4 is 11.1 Å². The Labute approximate surface area is 262 Å². The number of hydrogen-bond acceptors (Lipinski definition) is 13. The van der Waals surface area contributed by atoms with Gasteiger partial charge >= 0.3 is 23.9 Å². The second-order valence-electron chi connectivity index (χ2n) is 12.3. The van der Waals surface area contributed by atoms with Gasteiger partial charge in [0.05, 0.1) is 11.1 Å². The second-order valence-corrected chi connectivity index (χ2v) is 12.3. The fourth-order valence-corrected chi connectivity index (χ4v) is 6.67. The molecule has 4 heterocycles. The molecule has 46 heavy (non-hydrogen) atoms. The molecule has 1 aliphatic heterocycles. The van der Waals surface area contributed by atoms with Crippen LogP contribution in [-0.4, -0.2) is 61.2 Å². The minimum absolute atomic E-state index is 0.0188. The van der Waals surface area contributed by atoms with Crippen molar-refractivity contribution in [2.75, 3.05) is 5.32 Å². The number of ether oxygens (including phenoxy) is 3. The lowest BCUT2D eigenvalue weighted by atomic mass is 9.56. The molecule has 0 aromatic carbocycles. The van der Waals surface area contributed by atoms with Gasteiger partial charge in [0.25, 0.3) is 0 Å². The van der Waals surface area contributed by atoms with Crippen molar-refractivity contribution in [2.24, 2.45) is 10.8 Å². The maximum atomic E-state index is 12.6. The van der Waals surface area contributed by atoms with Crippen molar-refractivity contribution in [2.45, 2.75) is 96.7 Å². The molecule has 1 saturated heterocycles. The van der Waals surface area contributed by atoms with Crippen LogP contribution in [0.3, 0.4) is 0 Å². The summed E-state index contributed by atoms with van der Waals surface area (Å²) in [5.74, 6) is -2.47. The van der Waals surface area contributed by atoms with Crippen LogP contribution in [0.5, 0.6) is 0 Å². The number of amides is 1. The number of aryl methyl sites for hydroxylation is 1. The third-order valence-electron chi connectivity index (χ3n) is 9.39. The number of aliphatic hydroxyl groups is 1. The number of anilines is 1. The third kappa shape index (κ3) is 5.60. The molecule has 3 N–H and O–H groups in total. The number of fused-ring (bicyclic) bond motifs is 1. The number of nitriles is 1. The van der Waals surface area contributed by atoms with Gasteiger partial charge in [0.1, 0.15) is 30.1 Å². The molecule has 3 aromatic rings. The van der Waals surface area contributed by atoms with E-state index in [1.54, 1.807) is 13.8 Å². The first-order chi connectivity index (χ1) is 21.7. The number of nitrogens with zero attached hydrogens (tertiary/aromatic N) is 4. The topological polar surface area (TPSA) is 229 Å². The summed E-state index contributed by atoms with van der Waals surface area (Å²) in [6.45, 7) is 5.57. The Morgan fingerprint density at radius 3 is 2.54 bits per heavy atom. The zero-order chi connectivity index (χ0) is 33.4. The van der Waals surface area contributed by atoms with Crippen LogP contribution >= 0.6 is 0 Å². The number of aliphatic hydroxyl groups excluding tert-OH is 1. The van der Waals surface area contributed by atoms with Crippen molar-refractivity contribution >= 4 is 29.4 Å². The van der Waals surface area contributed by atoms with Crippen molar-refractivity contribution in [1.82, 2.24) is 14.6 Å². The molecule has 5 rings (SSSR count). The van der Waals surface area contributed by atoms with E-state index in [1.807, 2.05) is 0 Å². The Morgan fingerprint density at radius 2 is 1.93 bits per heavy atom. The van der Waals surface area contributed by atoms with Crippen LogP contribution in [0.15, 0.2) is 32.1 Å². The maximum Gasteiger partial charge on any atom is 0.519 e. The highest BCUT2D eigenvalue weighted by Gasteiger charge is 2.62. The van der Waals surface area contributed by atoms with Crippen LogP contribution in [0, 0.1) is 29.1 Å². The molecule has 1 aliphatic carbocycles. The molecule has 16 heteroatoms. The molecule has 0 radical (unpaired) electrons. The average molecular weight is 642 g/mol. The SMILES string of the molecule is CC(=O)O[C@H]1[C@@H](O)[C@](C#N)(c2ccc3c(NC(=O)OCc4oc(=O)oc4C)ncnn23)O[C@@H]1CC1(C(C)(C)C(=O)O)CCCCC1. The van der Waals surface area contributed by atoms with E-state index < -0.39 is 65.2 Å². The van der Waals surface area contributed by atoms with Gasteiger partial charge < -0.3 is 33.3 Å². The minimum Gasteiger partial charge on any atom is -0.481 e. The number of nitrogens with one attached hydrogen (secondary N) is 1. The van der Waals surface area contributed by atoms with Gasteiger partial charge in [-0.3, -0.25) is 14.9 Å². The Morgan fingerprint density at radius 1 is 1.22 bits per heavy atom. The predicted octanol–water partition coefficient (Wildman–Crippen LogP) is 3.19. The van der Waals surface area contributed by atoms with Crippen molar-refractivity contribution in [3.63, 3.8) is 0 Å². The number of aromatic nitrogens is 3. The van der Waals surface area contributed by atoms with Crippen LogP contribution in [0.2, 0.25) is 0 Å². The summed E-state index contributed by atoms with van der Waals surface area (Å²) in [6.07, 6.45) is -0.0856. The number of carbonyl (C=O) groups is 3. The van der Waals surface area contributed by atoms with E-state index in [0.717, 1.165) is 25.6 Å². The summed E-state index contributed by atoms with van der Waals surface area (Å²) in [7, 11) is 0. The highest BCUT2D eigenvalue weighted by molar-refractivity contribution is 5.88. The van der Waals surface area contributed by atoms with Crippen molar-refractivity contribution in [3.8, 4) is 6.07 Å². The summed E-state index contributed by atoms with van der Waals surface area (Å²) < 4.78 is 27.9. The molecule has 0 spiro atoms. The van der Waals surface area contributed by atoms with E-state index >= 15 is 0 Å². The van der Waals surface area contributed by atoms with Gasteiger partial charge in [-0.1, -0.05) is 19.3 Å². The van der Waals surface area contributed by atoms with Gasteiger partial charge in [-0.25, -0.2) is 19.1 Å². The molecule has 2 aliphatic rings. The normalized spacial score (nSPS) is 24.3. The molecule has 3 aromatic heterocycles. The monoisotopic (exact) mass is 641 g/mol. The zero-order valence-electron chi connectivity index (χ0n) is 25.8. The molecular formula is C30H35N5O11. The number of carboxylic acid groups (broad SMARTS) is 1. The molecule has 16 nitrogen and oxygen atoms in total. The van der Waals surface area contributed by atoms with Gasteiger partial charge in [-0.15, -0.1) is 0 Å². The standard InChI is InChI=1S/C30H35N5O11/c1-16-20(45-27(41)43-16)13-42-26(40)34-24-18-8-9-21(35(18)33-15-32-24)30(14-31)23(37)22(44-17(2)36)19(46-30)12-29(10-6-5-7-11-29)28(3,4)25(38)39/h8-9,15,19,22-23,37H,5-7,10-13H2,1-4H3,(H,38,39)(H,32,33,34,40)/t19-,22-,23-,30+/m1/s1. The second kappa shape index (κ2) is 12.2. The number of hydrogen-bond donors (Lipinski definition) is 3. The highest BCUT2D eigenvalue weighted by Crippen LogP contribution is 2.56. The molecule has 2 fully saturated rings. The highest BCUT2D eigenvalue weighted by atomic mass is 16.6. The van der Waals surface area contributed by atoms with Crippen LogP contribution in [0.4, 0.5) is 10.6 Å². The largest absolute Gasteiger partial charge is 0.519 e. The Bertz CT molecular complexity index is 1740. The van der Waals surface area contributed by atoms with Gasteiger partial charge in [0.15, 0.2) is 30.0 Å². The Hall–Kier alpha value is -4.75. The van der Waals surface area contributed by atoms with Gasteiger partial charge in [0.2, 0.25) is 5.60 Å². The molecule has 246 valence electrons. The third-order valence-corrected chi connectivity index (χ3v) is 9.39. The lowest BCUT2D eigenvalue weighted by Gasteiger charge is -2.48. The smallest absolute Gasteiger partial charge is 0.481 e. The average Bonchev–Trinajstić information content (AvgIpc) is 3.66. The maximum absolute atomic E-state index is 12.6. The van der Waals surface area contributed by atoms with Gasteiger partial charge in [-0.2, -0.15) is 10.4 Å². The zero-order valence-corrected chi connectivity index (χ0v) is 25.8. The van der Waals surface area contributed by atoms with E-state index in [9.17, 15) is 34.7 Å². The summed E-state index contributed by atoms with van der Waals surface area (Å²) in [6, 6.07) is 5.00. The van der Waals surface area contributed by atoms with Crippen molar-refractivity contribution in [3.05, 3.63) is 46.3 Å². The first kappa shape index (κ1) is 32.6. The molecule has 0 bridgehead atoms. The fourth-order valence-electron chi connectivity index (χ4n) is 6.67. The fraction of sp³-hybridized carbons (Fsp3) is 0.567. The molecule has 0 unspecified atom stereocenters. The summed E-state index contributed by atoms with van der Waals surface area (Å²) >= 11 is 0. The van der Waals surface area contributed by atoms with Crippen molar-refractivity contribution < 1.29 is 47.6 Å². The predicted molar refractivity (Wildman–Crippen MR) is 154 cm³/mol. The quantitative estimate of drug-likeness (QED) is 0.285. The number of carbonyl (C=O) groups excluding carboxylic acids is 2. The molecule has 4 atom stereocenters. The summed E-state index contributed by atoms with van der Waals surface area (Å²) in [5, 5.41) is 39.1. The molecule has 1 saturated carbocycles. The van der Waals surface area contributed by atoms with Crippen LogP contribution in [0.25, 0.3) is 5.52 Å². The van der Waals surface area contributed by atoms with Crippen molar-refractivity contribution in [1.29, 1.82) is 5.26 Å².